The van der Waals surface area contributed by atoms with Gasteiger partial charge in [0.25, 0.3) is 5.91 Å². The second-order valence-corrected chi connectivity index (χ2v) is 10.7. The topological polar surface area (TPSA) is 93.1 Å². The van der Waals surface area contributed by atoms with Gasteiger partial charge in [0.1, 0.15) is 4.88 Å². The van der Waals surface area contributed by atoms with E-state index >= 15 is 0 Å². The number of anilines is 1. The standard InChI is InChI=1S/C26H26F2N4O4S2/c1-5-21-22(17-8-11-19(36-25(27)28)20(12-17)35-4)31-32(26(34)38-21)13-16-6-9-18(10-7-16)30-24(33)23-14(2)29-15(3)37-23/h6-12,21,25H,5,13H2,1-4H3,(H,30,33). The number of rotatable bonds is 9. The Morgan fingerprint density at radius 1 is 1.16 bits per heavy atom. The highest BCUT2D eigenvalue weighted by molar-refractivity contribution is 8.14. The lowest BCUT2D eigenvalue weighted by atomic mass is 10.0. The number of nitrogens with one attached hydrogen (secondary N) is 1. The van der Waals surface area contributed by atoms with E-state index in [4.69, 9.17) is 4.74 Å². The highest BCUT2D eigenvalue weighted by Crippen LogP contribution is 2.34. The van der Waals surface area contributed by atoms with Crippen molar-refractivity contribution in [2.24, 2.45) is 5.10 Å². The molecule has 1 unspecified atom stereocenters. The molecule has 1 atom stereocenters. The van der Waals surface area contributed by atoms with Gasteiger partial charge in [0.15, 0.2) is 11.5 Å². The van der Waals surface area contributed by atoms with E-state index < -0.39 is 6.61 Å². The molecule has 0 bridgehead atoms. The van der Waals surface area contributed by atoms with Crippen molar-refractivity contribution in [3.63, 3.8) is 0 Å². The number of hydrazone groups is 1. The van der Waals surface area contributed by atoms with Crippen LogP contribution in [-0.4, -0.2) is 45.8 Å². The zero-order valence-electron chi connectivity index (χ0n) is 21.2. The third-order valence-electron chi connectivity index (χ3n) is 5.69. The highest BCUT2D eigenvalue weighted by Gasteiger charge is 2.31. The number of thioether (sulfide) groups is 1. The van der Waals surface area contributed by atoms with Crippen LogP contribution in [-0.2, 0) is 6.54 Å². The Kier molecular flexibility index (Phi) is 8.62. The normalized spacial score (nSPS) is 15.4. The maximum absolute atomic E-state index is 12.8. The van der Waals surface area contributed by atoms with Gasteiger partial charge < -0.3 is 14.8 Å². The summed E-state index contributed by atoms with van der Waals surface area (Å²) in [5, 5.41) is 9.30. The predicted octanol–water partition coefficient (Wildman–Crippen LogP) is 6.47. The number of halogens is 2. The van der Waals surface area contributed by atoms with Crippen LogP contribution >= 0.6 is 23.1 Å². The highest BCUT2D eigenvalue weighted by atomic mass is 32.2. The summed E-state index contributed by atoms with van der Waals surface area (Å²) in [5.74, 6) is -0.150. The second kappa shape index (κ2) is 11.9. The molecule has 0 saturated carbocycles. The number of aryl methyl sites for hydroxylation is 2. The van der Waals surface area contributed by atoms with Crippen molar-refractivity contribution in [1.82, 2.24) is 9.99 Å². The average Bonchev–Trinajstić information content (AvgIpc) is 3.23. The lowest BCUT2D eigenvalue weighted by molar-refractivity contribution is -0.0512. The van der Waals surface area contributed by atoms with Crippen LogP contribution in [0.25, 0.3) is 0 Å². The molecule has 3 aromatic rings. The van der Waals surface area contributed by atoms with Crippen molar-refractivity contribution in [2.45, 2.75) is 45.6 Å². The van der Waals surface area contributed by atoms with Gasteiger partial charge in [-0.15, -0.1) is 11.3 Å². The van der Waals surface area contributed by atoms with Crippen molar-refractivity contribution in [1.29, 1.82) is 0 Å². The van der Waals surface area contributed by atoms with Crippen LogP contribution in [0.4, 0.5) is 19.3 Å². The molecule has 8 nitrogen and oxygen atoms in total. The minimum atomic E-state index is -2.98. The molecular formula is C26H26F2N4O4S2. The number of ether oxygens (including phenoxy) is 2. The number of nitrogens with zero attached hydrogens (tertiary/aromatic N) is 3. The fraction of sp³-hybridized carbons (Fsp3) is 0.308. The van der Waals surface area contributed by atoms with Gasteiger partial charge in [0, 0.05) is 11.3 Å². The lowest BCUT2D eigenvalue weighted by Crippen LogP contribution is -2.34. The molecule has 0 saturated heterocycles. The summed E-state index contributed by atoms with van der Waals surface area (Å²) in [4.78, 5) is 30.3. The van der Waals surface area contributed by atoms with E-state index in [9.17, 15) is 18.4 Å². The van der Waals surface area contributed by atoms with Crippen molar-refractivity contribution in [3.8, 4) is 11.5 Å². The van der Waals surface area contributed by atoms with Gasteiger partial charge in [-0.05, 0) is 56.2 Å². The summed E-state index contributed by atoms with van der Waals surface area (Å²) < 4.78 is 35.2. The number of thiazole rings is 1. The molecule has 0 fully saturated rings. The van der Waals surface area contributed by atoms with Gasteiger partial charge in [-0.2, -0.15) is 13.9 Å². The Hall–Kier alpha value is -3.51. The van der Waals surface area contributed by atoms with E-state index in [2.05, 4.69) is 20.1 Å². The van der Waals surface area contributed by atoms with Crippen LogP contribution in [0, 0.1) is 13.8 Å². The van der Waals surface area contributed by atoms with Crippen molar-refractivity contribution < 1.29 is 27.8 Å². The molecule has 1 N–H and O–H groups in total. The fourth-order valence-corrected chi connectivity index (χ4v) is 5.66. The molecule has 0 spiro atoms. The zero-order valence-corrected chi connectivity index (χ0v) is 22.8. The molecule has 38 heavy (non-hydrogen) atoms. The first-order chi connectivity index (χ1) is 18.2. The maximum atomic E-state index is 12.8. The summed E-state index contributed by atoms with van der Waals surface area (Å²) >= 11 is 2.50. The van der Waals surface area contributed by atoms with Crippen LogP contribution < -0.4 is 14.8 Å². The quantitative estimate of drug-likeness (QED) is 0.322. The van der Waals surface area contributed by atoms with Crippen LogP contribution in [0.5, 0.6) is 11.5 Å². The Morgan fingerprint density at radius 3 is 2.50 bits per heavy atom. The molecule has 1 aliphatic heterocycles. The molecule has 200 valence electrons. The lowest BCUT2D eigenvalue weighted by Gasteiger charge is -2.28. The third-order valence-corrected chi connectivity index (χ3v) is 8.01. The summed E-state index contributed by atoms with van der Waals surface area (Å²) in [6, 6.07) is 11.8. The third kappa shape index (κ3) is 6.30. The molecule has 12 heteroatoms. The maximum Gasteiger partial charge on any atom is 0.387 e. The Morgan fingerprint density at radius 2 is 1.89 bits per heavy atom. The first-order valence-corrected chi connectivity index (χ1v) is 13.4. The van der Waals surface area contributed by atoms with Gasteiger partial charge in [-0.1, -0.05) is 30.8 Å². The summed E-state index contributed by atoms with van der Waals surface area (Å²) in [6.45, 7) is 2.84. The van der Waals surface area contributed by atoms with E-state index in [0.717, 1.165) is 22.3 Å². The van der Waals surface area contributed by atoms with Crippen LogP contribution in [0.15, 0.2) is 47.6 Å². The number of aromatic nitrogens is 1. The monoisotopic (exact) mass is 560 g/mol. The number of carbonyl (C=O) groups excluding carboxylic acids is 2. The largest absolute Gasteiger partial charge is 0.493 e. The second-order valence-electron chi connectivity index (χ2n) is 8.37. The number of hydrogen-bond donors (Lipinski definition) is 1. The van der Waals surface area contributed by atoms with E-state index in [1.54, 1.807) is 31.2 Å². The first-order valence-electron chi connectivity index (χ1n) is 11.7. The summed E-state index contributed by atoms with van der Waals surface area (Å²) in [6.07, 6.45) is 0.647. The number of carbonyl (C=O) groups is 2. The van der Waals surface area contributed by atoms with Crippen LogP contribution in [0.3, 0.4) is 0 Å². The van der Waals surface area contributed by atoms with E-state index in [1.165, 1.54) is 29.5 Å². The van der Waals surface area contributed by atoms with Gasteiger partial charge in [0.2, 0.25) is 0 Å². The van der Waals surface area contributed by atoms with Gasteiger partial charge in [0.05, 0.1) is 35.3 Å². The Bertz CT molecular complexity index is 1360. The Labute approximate surface area is 227 Å². The molecule has 2 amide bonds. The number of methoxy groups -OCH3 is 1. The first kappa shape index (κ1) is 27.5. The summed E-state index contributed by atoms with van der Waals surface area (Å²) in [7, 11) is 1.37. The minimum Gasteiger partial charge on any atom is -0.493 e. The molecule has 0 radical (unpaired) electrons. The zero-order chi connectivity index (χ0) is 27.4. The molecule has 1 aromatic heterocycles. The number of amides is 2. The predicted molar refractivity (Wildman–Crippen MR) is 145 cm³/mol. The summed E-state index contributed by atoms with van der Waals surface area (Å²) in [5.41, 5.74) is 3.41. The number of hydrogen-bond acceptors (Lipinski definition) is 8. The number of benzene rings is 2. The van der Waals surface area contributed by atoms with Gasteiger partial charge in [-0.25, -0.2) is 9.99 Å². The van der Waals surface area contributed by atoms with Crippen molar-refractivity contribution in [3.05, 3.63) is 69.2 Å². The van der Waals surface area contributed by atoms with Crippen LogP contribution in [0.1, 0.15) is 44.8 Å². The van der Waals surface area contributed by atoms with E-state index in [1.807, 2.05) is 26.0 Å². The van der Waals surface area contributed by atoms with E-state index in [0.29, 0.717) is 34.0 Å². The molecular weight excluding hydrogens is 534 g/mol. The average molecular weight is 561 g/mol. The van der Waals surface area contributed by atoms with E-state index in [-0.39, 0.29) is 34.4 Å². The SMILES string of the molecule is CCC1SC(=O)N(Cc2ccc(NC(=O)c3sc(C)nc3C)cc2)N=C1c1ccc(OC(F)F)c(OC)c1. The minimum absolute atomic E-state index is 0.0795. The molecule has 1 aliphatic rings. The van der Waals surface area contributed by atoms with Gasteiger partial charge in [-0.3, -0.25) is 9.59 Å². The molecule has 0 aliphatic carbocycles. The van der Waals surface area contributed by atoms with Crippen molar-refractivity contribution >= 4 is 45.6 Å². The molecule has 2 heterocycles. The fourth-order valence-electron chi connectivity index (χ4n) is 3.91. The Balaban J connectivity index is 1.52. The molecule has 2 aromatic carbocycles. The smallest absolute Gasteiger partial charge is 0.387 e. The van der Waals surface area contributed by atoms with Gasteiger partial charge >= 0.3 is 11.9 Å². The van der Waals surface area contributed by atoms with Crippen molar-refractivity contribution in [2.75, 3.05) is 12.4 Å². The number of alkyl halides is 2. The van der Waals surface area contributed by atoms with Crippen LogP contribution in [0.2, 0.25) is 0 Å². The molecule has 4 rings (SSSR count).